The Balaban J connectivity index is 1.96. The Kier molecular flexibility index (Phi) is 3.06. The molecule has 0 spiro atoms. The summed E-state index contributed by atoms with van der Waals surface area (Å²) in [7, 11) is 0. The molecule has 0 saturated carbocycles. The number of nitrogens with zero attached hydrogens (tertiary/aromatic N) is 1. The molecule has 0 bridgehead atoms. The first-order valence-electron chi connectivity index (χ1n) is 4.63. The number of benzene rings is 1. The molecule has 0 aliphatic heterocycles. The van der Waals surface area contributed by atoms with Crippen LogP contribution in [0.4, 0.5) is 0 Å². The summed E-state index contributed by atoms with van der Waals surface area (Å²) in [6, 6.07) is 7.73. The Hall–Kier alpha value is -1.29. The van der Waals surface area contributed by atoms with Gasteiger partial charge in [-0.2, -0.15) is 0 Å². The number of halogens is 1. The number of hydrogen-bond acceptors (Lipinski definition) is 2. The predicted octanol–water partition coefficient (Wildman–Crippen LogP) is 3.06. The van der Waals surface area contributed by atoms with Crippen molar-refractivity contribution in [3.8, 4) is 5.75 Å². The Morgan fingerprint density at radius 3 is 2.67 bits per heavy atom. The monoisotopic (exact) mass is 266 g/mol. The molecule has 0 fully saturated rings. The van der Waals surface area contributed by atoms with Gasteiger partial charge in [0.15, 0.2) is 0 Å². The second-order valence-electron chi connectivity index (χ2n) is 3.26. The van der Waals surface area contributed by atoms with Crippen molar-refractivity contribution in [3.05, 3.63) is 46.5 Å². The highest BCUT2D eigenvalue weighted by Gasteiger charge is 1.98. The van der Waals surface area contributed by atoms with Crippen LogP contribution in [0.25, 0.3) is 0 Å². The smallest absolute Gasteiger partial charge is 0.146 e. The number of aromatic amines is 1. The Labute approximate surface area is 96.6 Å². The molecule has 0 amide bonds. The van der Waals surface area contributed by atoms with Crippen molar-refractivity contribution in [3.63, 3.8) is 0 Å². The van der Waals surface area contributed by atoms with E-state index in [9.17, 15) is 0 Å². The molecule has 1 N–H and O–H groups in total. The second-order valence-corrected chi connectivity index (χ2v) is 4.17. The minimum Gasteiger partial charge on any atom is -0.486 e. The van der Waals surface area contributed by atoms with Crippen molar-refractivity contribution >= 4 is 15.9 Å². The van der Waals surface area contributed by atoms with Crippen LogP contribution >= 0.6 is 15.9 Å². The molecule has 3 nitrogen and oxygen atoms in total. The third kappa shape index (κ3) is 2.83. The zero-order valence-electron chi connectivity index (χ0n) is 8.33. The van der Waals surface area contributed by atoms with Crippen molar-refractivity contribution in [2.75, 3.05) is 0 Å². The lowest BCUT2D eigenvalue weighted by molar-refractivity contribution is 0.297. The van der Waals surface area contributed by atoms with Crippen LogP contribution in [0, 0.1) is 6.92 Å². The fourth-order valence-corrected chi connectivity index (χ4v) is 1.49. The minimum atomic E-state index is 0.468. The van der Waals surface area contributed by atoms with Crippen molar-refractivity contribution in [1.29, 1.82) is 0 Å². The maximum Gasteiger partial charge on any atom is 0.146 e. The molecule has 0 saturated heterocycles. The summed E-state index contributed by atoms with van der Waals surface area (Å²) in [6.07, 6.45) is 1.79. The van der Waals surface area contributed by atoms with Gasteiger partial charge in [0.1, 0.15) is 18.2 Å². The molecule has 4 heteroatoms. The first-order valence-corrected chi connectivity index (χ1v) is 5.42. The summed E-state index contributed by atoms with van der Waals surface area (Å²) in [5.74, 6) is 1.68. The predicted molar refractivity (Wildman–Crippen MR) is 61.8 cm³/mol. The average molecular weight is 267 g/mol. The Bertz CT molecular complexity index is 436. The quantitative estimate of drug-likeness (QED) is 0.928. The van der Waals surface area contributed by atoms with Gasteiger partial charge >= 0.3 is 0 Å². The van der Waals surface area contributed by atoms with Crippen molar-refractivity contribution in [2.45, 2.75) is 13.5 Å². The number of hydrogen-bond donors (Lipinski definition) is 1. The molecular formula is C11H11BrN2O. The van der Waals surface area contributed by atoms with E-state index in [0.717, 1.165) is 21.7 Å². The highest BCUT2D eigenvalue weighted by Crippen LogP contribution is 2.16. The van der Waals surface area contributed by atoms with Crippen molar-refractivity contribution in [2.24, 2.45) is 0 Å². The van der Waals surface area contributed by atoms with Gasteiger partial charge < -0.3 is 9.72 Å². The molecule has 0 radical (unpaired) electrons. The van der Waals surface area contributed by atoms with E-state index >= 15 is 0 Å². The molecule has 1 aromatic heterocycles. The normalized spacial score (nSPS) is 10.3. The van der Waals surface area contributed by atoms with Crippen molar-refractivity contribution < 1.29 is 4.74 Å². The number of H-pyrrole nitrogens is 1. The van der Waals surface area contributed by atoms with Gasteiger partial charge in [-0.15, -0.1) is 0 Å². The molecule has 0 atom stereocenters. The summed E-state index contributed by atoms with van der Waals surface area (Å²) in [6.45, 7) is 2.44. The van der Waals surface area contributed by atoms with Crippen LogP contribution in [0.2, 0.25) is 0 Å². The second kappa shape index (κ2) is 4.49. The molecule has 0 aliphatic rings. The zero-order chi connectivity index (χ0) is 10.7. The summed E-state index contributed by atoms with van der Waals surface area (Å²) in [4.78, 5) is 7.27. The van der Waals surface area contributed by atoms with Crippen molar-refractivity contribution in [1.82, 2.24) is 9.97 Å². The SMILES string of the molecule is Cc1cnc(COc2ccc(Br)cc2)[nH]1. The molecule has 2 rings (SSSR count). The fourth-order valence-electron chi connectivity index (χ4n) is 1.22. The van der Waals surface area contributed by atoms with E-state index in [1.807, 2.05) is 31.2 Å². The lowest BCUT2D eigenvalue weighted by Gasteiger charge is -2.03. The van der Waals surface area contributed by atoms with Crippen LogP contribution < -0.4 is 4.74 Å². The van der Waals surface area contributed by atoms with Gasteiger partial charge in [-0.05, 0) is 31.2 Å². The number of nitrogens with one attached hydrogen (secondary N) is 1. The fraction of sp³-hybridized carbons (Fsp3) is 0.182. The number of imidazole rings is 1. The van der Waals surface area contributed by atoms with E-state index in [1.165, 1.54) is 0 Å². The maximum absolute atomic E-state index is 5.55. The standard InChI is InChI=1S/C11H11BrN2O/c1-8-6-13-11(14-8)7-15-10-4-2-9(12)3-5-10/h2-6H,7H2,1H3,(H,13,14). The van der Waals surface area contributed by atoms with Gasteiger partial charge in [0.05, 0.1) is 0 Å². The largest absolute Gasteiger partial charge is 0.486 e. The van der Waals surface area contributed by atoms with Gasteiger partial charge in [0.2, 0.25) is 0 Å². The molecule has 0 unspecified atom stereocenters. The van der Waals surface area contributed by atoms with Crippen LogP contribution in [0.3, 0.4) is 0 Å². The van der Waals surface area contributed by atoms with Crippen LogP contribution in [0.15, 0.2) is 34.9 Å². The van der Waals surface area contributed by atoms with Crippen LogP contribution in [0.5, 0.6) is 5.75 Å². The van der Waals surface area contributed by atoms with E-state index in [-0.39, 0.29) is 0 Å². The molecule has 1 heterocycles. The minimum absolute atomic E-state index is 0.468. The third-order valence-electron chi connectivity index (χ3n) is 1.94. The van der Waals surface area contributed by atoms with Gasteiger partial charge in [-0.3, -0.25) is 0 Å². The summed E-state index contributed by atoms with van der Waals surface area (Å²) in [5, 5.41) is 0. The summed E-state index contributed by atoms with van der Waals surface area (Å²) < 4.78 is 6.59. The molecule has 15 heavy (non-hydrogen) atoms. The first kappa shape index (κ1) is 10.2. The summed E-state index contributed by atoms with van der Waals surface area (Å²) >= 11 is 3.37. The van der Waals surface area contributed by atoms with Crippen LogP contribution in [-0.4, -0.2) is 9.97 Å². The van der Waals surface area contributed by atoms with Gasteiger partial charge in [0.25, 0.3) is 0 Å². The molecule has 78 valence electrons. The van der Waals surface area contributed by atoms with E-state index in [4.69, 9.17) is 4.74 Å². The van der Waals surface area contributed by atoms with E-state index < -0.39 is 0 Å². The summed E-state index contributed by atoms with van der Waals surface area (Å²) in [5.41, 5.74) is 1.05. The number of rotatable bonds is 3. The highest BCUT2D eigenvalue weighted by molar-refractivity contribution is 9.10. The van der Waals surface area contributed by atoms with E-state index in [1.54, 1.807) is 6.20 Å². The van der Waals surface area contributed by atoms with Crippen LogP contribution in [0.1, 0.15) is 11.5 Å². The highest BCUT2D eigenvalue weighted by atomic mass is 79.9. The van der Waals surface area contributed by atoms with Gasteiger partial charge in [-0.25, -0.2) is 4.98 Å². The first-order chi connectivity index (χ1) is 7.24. The Morgan fingerprint density at radius 2 is 2.07 bits per heavy atom. The number of aryl methyl sites for hydroxylation is 1. The molecular weight excluding hydrogens is 256 g/mol. The van der Waals surface area contributed by atoms with Crippen LogP contribution in [-0.2, 0) is 6.61 Å². The number of aromatic nitrogens is 2. The lowest BCUT2D eigenvalue weighted by Crippen LogP contribution is -1.97. The number of ether oxygens (including phenoxy) is 1. The topological polar surface area (TPSA) is 37.9 Å². The van der Waals surface area contributed by atoms with E-state index in [2.05, 4.69) is 25.9 Å². The average Bonchev–Trinajstić information content (AvgIpc) is 2.64. The molecule has 0 aliphatic carbocycles. The van der Waals surface area contributed by atoms with Gasteiger partial charge in [-0.1, -0.05) is 15.9 Å². The molecule has 1 aromatic carbocycles. The van der Waals surface area contributed by atoms with Gasteiger partial charge in [0, 0.05) is 16.4 Å². The zero-order valence-corrected chi connectivity index (χ0v) is 9.91. The van der Waals surface area contributed by atoms with E-state index in [0.29, 0.717) is 6.61 Å². The molecule has 2 aromatic rings. The third-order valence-corrected chi connectivity index (χ3v) is 2.47. The Morgan fingerprint density at radius 1 is 1.33 bits per heavy atom. The lowest BCUT2D eigenvalue weighted by atomic mass is 10.3. The maximum atomic E-state index is 5.55.